The molecule has 0 unspecified atom stereocenters. The van der Waals surface area contributed by atoms with Crippen molar-refractivity contribution in [3.63, 3.8) is 0 Å². The van der Waals surface area contributed by atoms with Crippen molar-refractivity contribution in [2.75, 3.05) is 13.3 Å². The van der Waals surface area contributed by atoms with E-state index in [-0.39, 0.29) is 31.3 Å². The first kappa shape index (κ1) is 19.0. The van der Waals surface area contributed by atoms with Gasteiger partial charge in [-0.05, 0) is 36.6 Å². The molecular weight excluding hydrogens is 394 g/mol. The topological polar surface area (TPSA) is 91.7 Å². The van der Waals surface area contributed by atoms with Crippen LogP contribution in [0.15, 0.2) is 52.6 Å². The molecule has 3 aromatic rings. The zero-order valence-corrected chi connectivity index (χ0v) is 16.5. The number of thiophene rings is 1. The van der Waals surface area contributed by atoms with E-state index in [1.807, 2.05) is 17.5 Å². The molecule has 3 heterocycles. The van der Waals surface area contributed by atoms with Crippen LogP contribution in [0.5, 0.6) is 17.2 Å². The third kappa shape index (κ3) is 4.40. The summed E-state index contributed by atoms with van der Waals surface area (Å²) in [5, 5.41) is 9.08. The quantitative estimate of drug-likeness (QED) is 0.639. The molecule has 2 aromatic heterocycles. The molecule has 29 heavy (non-hydrogen) atoms. The Morgan fingerprint density at radius 1 is 1.28 bits per heavy atom. The molecule has 9 heteroatoms. The lowest BCUT2D eigenvalue weighted by Gasteiger charge is -2.15. The van der Waals surface area contributed by atoms with E-state index < -0.39 is 6.10 Å². The number of ether oxygens (including phenoxy) is 3. The molecule has 0 fully saturated rings. The van der Waals surface area contributed by atoms with E-state index in [4.69, 9.17) is 14.2 Å². The van der Waals surface area contributed by atoms with Gasteiger partial charge in [-0.2, -0.15) is 5.10 Å². The summed E-state index contributed by atoms with van der Waals surface area (Å²) in [5.74, 6) is 1.46. The lowest BCUT2D eigenvalue weighted by atomic mass is 10.3. The second kappa shape index (κ2) is 8.36. The molecule has 8 nitrogen and oxygen atoms in total. The Balaban J connectivity index is 1.32. The molecule has 1 amide bonds. The number of benzene rings is 1. The predicted octanol–water partition coefficient (Wildman–Crippen LogP) is 2.28. The number of hydrogen-bond acceptors (Lipinski definition) is 7. The molecule has 0 radical (unpaired) electrons. The van der Waals surface area contributed by atoms with Crippen molar-refractivity contribution in [1.29, 1.82) is 0 Å². The third-order valence-corrected chi connectivity index (χ3v) is 5.18. The van der Waals surface area contributed by atoms with Crippen LogP contribution in [0.3, 0.4) is 0 Å². The number of amides is 1. The van der Waals surface area contributed by atoms with Gasteiger partial charge in [0, 0.05) is 18.7 Å². The SMILES string of the molecule is C[C@H](Oc1ccc2c(c1)OCO2)C(=O)NCCn1nc(-c2cccs2)ccc1=O. The van der Waals surface area contributed by atoms with E-state index in [1.165, 1.54) is 10.7 Å². The van der Waals surface area contributed by atoms with Gasteiger partial charge in [0.05, 0.1) is 11.4 Å². The van der Waals surface area contributed by atoms with Crippen molar-refractivity contribution < 1.29 is 19.0 Å². The van der Waals surface area contributed by atoms with Gasteiger partial charge in [0.2, 0.25) is 6.79 Å². The zero-order valence-electron chi connectivity index (χ0n) is 15.7. The molecule has 0 saturated heterocycles. The summed E-state index contributed by atoms with van der Waals surface area (Å²) in [4.78, 5) is 25.3. The monoisotopic (exact) mass is 413 g/mol. The second-order valence-corrected chi connectivity index (χ2v) is 7.27. The lowest BCUT2D eigenvalue weighted by Crippen LogP contribution is -2.39. The van der Waals surface area contributed by atoms with Crippen LogP contribution in [-0.4, -0.2) is 35.1 Å². The molecule has 0 aliphatic carbocycles. The smallest absolute Gasteiger partial charge is 0.266 e. The number of carbonyl (C=O) groups is 1. The number of aromatic nitrogens is 2. The van der Waals surface area contributed by atoms with Crippen molar-refractivity contribution in [2.24, 2.45) is 0 Å². The van der Waals surface area contributed by atoms with Gasteiger partial charge in [-0.3, -0.25) is 9.59 Å². The number of hydrogen-bond donors (Lipinski definition) is 1. The summed E-state index contributed by atoms with van der Waals surface area (Å²) < 4.78 is 17.6. The molecule has 1 aliphatic heterocycles. The highest BCUT2D eigenvalue weighted by Crippen LogP contribution is 2.35. The maximum absolute atomic E-state index is 12.3. The Morgan fingerprint density at radius 2 is 2.14 bits per heavy atom. The van der Waals surface area contributed by atoms with Crippen LogP contribution >= 0.6 is 11.3 Å². The van der Waals surface area contributed by atoms with E-state index in [1.54, 1.807) is 42.5 Å². The number of rotatable bonds is 7. The van der Waals surface area contributed by atoms with Crippen molar-refractivity contribution in [1.82, 2.24) is 15.1 Å². The molecular formula is C20H19N3O5S. The summed E-state index contributed by atoms with van der Waals surface area (Å²) in [6.45, 7) is 2.35. The van der Waals surface area contributed by atoms with Crippen LogP contribution in [0.1, 0.15) is 6.92 Å². The molecule has 1 aromatic carbocycles. The average Bonchev–Trinajstić information content (AvgIpc) is 3.40. The van der Waals surface area contributed by atoms with Gasteiger partial charge >= 0.3 is 0 Å². The molecule has 0 bridgehead atoms. The Morgan fingerprint density at radius 3 is 2.97 bits per heavy atom. The van der Waals surface area contributed by atoms with Crippen LogP contribution in [0.4, 0.5) is 0 Å². The minimum Gasteiger partial charge on any atom is -0.481 e. The van der Waals surface area contributed by atoms with E-state index in [0.29, 0.717) is 17.2 Å². The van der Waals surface area contributed by atoms with Crippen LogP contribution in [0.25, 0.3) is 10.6 Å². The minimum atomic E-state index is -0.711. The van der Waals surface area contributed by atoms with E-state index >= 15 is 0 Å². The van der Waals surface area contributed by atoms with E-state index in [0.717, 1.165) is 10.6 Å². The number of nitrogens with one attached hydrogen (secondary N) is 1. The van der Waals surface area contributed by atoms with Gasteiger partial charge < -0.3 is 19.5 Å². The predicted molar refractivity (Wildman–Crippen MR) is 107 cm³/mol. The molecule has 4 rings (SSSR count). The molecule has 0 spiro atoms. The minimum absolute atomic E-state index is 0.177. The lowest BCUT2D eigenvalue weighted by molar-refractivity contribution is -0.127. The largest absolute Gasteiger partial charge is 0.481 e. The zero-order chi connectivity index (χ0) is 20.2. The average molecular weight is 413 g/mol. The van der Waals surface area contributed by atoms with Crippen molar-refractivity contribution in [3.8, 4) is 27.8 Å². The Kier molecular flexibility index (Phi) is 5.48. The van der Waals surface area contributed by atoms with Gasteiger partial charge in [-0.15, -0.1) is 11.3 Å². The summed E-state index contributed by atoms with van der Waals surface area (Å²) >= 11 is 1.55. The first-order valence-corrected chi connectivity index (χ1v) is 9.94. The molecule has 1 atom stereocenters. The van der Waals surface area contributed by atoms with Crippen molar-refractivity contribution in [2.45, 2.75) is 19.6 Å². The Hall–Kier alpha value is -3.33. The first-order chi connectivity index (χ1) is 14.1. The van der Waals surface area contributed by atoms with Gasteiger partial charge in [-0.1, -0.05) is 6.07 Å². The fourth-order valence-corrected chi connectivity index (χ4v) is 3.49. The highest BCUT2D eigenvalue weighted by molar-refractivity contribution is 7.13. The molecule has 1 aliphatic rings. The van der Waals surface area contributed by atoms with Crippen LogP contribution in [-0.2, 0) is 11.3 Å². The highest BCUT2D eigenvalue weighted by atomic mass is 32.1. The normalized spacial score (nSPS) is 13.1. The highest BCUT2D eigenvalue weighted by Gasteiger charge is 2.18. The van der Waals surface area contributed by atoms with Gasteiger partial charge in [0.1, 0.15) is 11.4 Å². The maximum atomic E-state index is 12.3. The van der Waals surface area contributed by atoms with E-state index in [2.05, 4.69) is 10.4 Å². The van der Waals surface area contributed by atoms with Crippen molar-refractivity contribution >= 4 is 17.2 Å². The molecule has 0 saturated carbocycles. The van der Waals surface area contributed by atoms with Crippen molar-refractivity contribution in [3.05, 3.63) is 58.2 Å². The van der Waals surface area contributed by atoms with E-state index in [9.17, 15) is 9.59 Å². The number of nitrogens with zero attached hydrogens (tertiary/aromatic N) is 2. The van der Waals surface area contributed by atoms with Crippen LogP contribution in [0, 0.1) is 0 Å². The second-order valence-electron chi connectivity index (χ2n) is 6.32. The summed E-state index contributed by atoms with van der Waals surface area (Å²) in [5.41, 5.74) is 0.509. The summed E-state index contributed by atoms with van der Waals surface area (Å²) in [6.07, 6.45) is -0.711. The fraction of sp³-hybridized carbons (Fsp3) is 0.250. The molecule has 1 N–H and O–H groups in total. The van der Waals surface area contributed by atoms with Crippen LogP contribution < -0.4 is 25.1 Å². The number of fused-ring (bicyclic) bond motifs is 1. The number of carbonyl (C=O) groups excluding carboxylic acids is 1. The summed E-state index contributed by atoms with van der Waals surface area (Å²) in [7, 11) is 0. The summed E-state index contributed by atoms with van der Waals surface area (Å²) in [6, 6.07) is 12.2. The van der Waals surface area contributed by atoms with Gasteiger partial charge in [0.15, 0.2) is 17.6 Å². The van der Waals surface area contributed by atoms with Gasteiger partial charge in [0.25, 0.3) is 11.5 Å². The third-order valence-electron chi connectivity index (χ3n) is 4.29. The standard InChI is InChI=1S/C20H19N3O5S/c1-13(28-14-4-6-16-17(11-14)27-12-26-16)20(25)21-8-9-23-19(24)7-5-15(22-23)18-3-2-10-29-18/h2-7,10-11,13H,8-9,12H2,1H3,(H,21,25)/t13-/m0/s1. The van der Waals surface area contributed by atoms with Crippen LogP contribution in [0.2, 0.25) is 0 Å². The maximum Gasteiger partial charge on any atom is 0.266 e. The van der Waals surface area contributed by atoms with Gasteiger partial charge in [-0.25, -0.2) is 4.68 Å². The Bertz CT molecular complexity index is 1060. The first-order valence-electron chi connectivity index (χ1n) is 9.06. The molecule has 150 valence electrons. The Labute approximate surface area is 170 Å². The fourth-order valence-electron chi connectivity index (χ4n) is 2.80.